The lowest BCUT2D eigenvalue weighted by atomic mass is 9.77. The number of benzene rings is 1. The van der Waals surface area contributed by atoms with Gasteiger partial charge in [-0.05, 0) is 37.1 Å². The summed E-state index contributed by atoms with van der Waals surface area (Å²) >= 11 is 5.95. The Hall–Kier alpha value is -0.860. The molecule has 0 spiro atoms. The smallest absolute Gasteiger partial charge is 0.167 e. The van der Waals surface area contributed by atoms with Crippen LogP contribution in [0.4, 0.5) is 0 Å². The van der Waals surface area contributed by atoms with Crippen molar-refractivity contribution in [1.29, 1.82) is 0 Å². The van der Waals surface area contributed by atoms with Gasteiger partial charge in [0.1, 0.15) is 0 Å². The van der Waals surface area contributed by atoms with Crippen molar-refractivity contribution in [2.45, 2.75) is 6.42 Å². The Bertz CT molecular complexity index is 457. The van der Waals surface area contributed by atoms with Crippen molar-refractivity contribution in [2.75, 3.05) is 20.1 Å². The Morgan fingerprint density at radius 3 is 3.00 bits per heavy atom. The molecule has 1 fully saturated rings. The molecule has 1 aliphatic heterocycles. The number of Topliss-reactive ketones (excluding diaryl/α,β-unsaturated/α-hetero) is 1. The SMILES string of the molecule is CN1CC2Cc3ccc(Cl)cc3C(=O)C2C1. The molecule has 2 unspecified atom stereocenters. The fraction of sp³-hybridized carbons (Fsp3) is 0.462. The predicted octanol–water partition coefficient (Wildman–Crippen LogP) is 2.26. The van der Waals surface area contributed by atoms with E-state index in [-0.39, 0.29) is 11.7 Å². The van der Waals surface area contributed by atoms with E-state index in [9.17, 15) is 4.79 Å². The first-order valence-corrected chi connectivity index (χ1v) is 6.04. The molecule has 0 radical (unpaired) electrons. The Balaban J connectivity index is 2.04. The van der Waals surface area contributed by atoms with Crippen LogP contribution in [0.15, 0.2) is 18.2 Å². The minimum absolute atomic E-state index is 0.191. The van der Waals surface area contributed by atoms with Gasteiger partial charge in [0.15, 0.2) is 5.78 Å². The van der Waals surface area contributed by atoms with Crippen LogP contribution >= 0.6 is 11.6 Å². The number of halogens is 1. The van der Waals surface area contributed by atoms with Gasteiger partial charge in [0.25, 0.3) is 0 Å². The average Bonchev–Trinajstić information content (AvgIpc) is 2.61. The van der Waals surface area contributed by atoms with E-state index in [2.05, 4.69) is 11.9 Å². The zero-order chi connectivity index (χ0) is 11.3. The van der Waals surface area contributed by atoms with Crippen LogP contribution in [0.5, 0.6) is 0 Å². The molecule has 3 heteroatoms. The summed E-state index contributed by atoms with van der Waals surface area (Å²) in [5.41, 5.74) is 2.02. The molecule has 3 rings (SSSR count). The molecule has 2 atom stereocenters. The standard InChI is InChI=1S/C13H14ClNO/c1-15-6-9-4-8-2-3-10(14)5-11(8)13(16)12(9)7-15/h2-3,5,9,12H,4,6-7H2,1H3. The number of hydrogen-bond acceptors (Lipinski definition) is 2. The number of hydrogen-bond donors (Lipinski definition) is 0. The van der Waals surface area contributed by atoms with E-state index in [1.807, 2.05) is 18.2 Å². The first kappa shape index (κ1) is 10.3. The normalized spacial score (nSPS) is 29.0. The van der Waals surface area contributed by atoms with Crippen molar-refractivity contribution >= 4 is 17.4 Å². The summed E-state index contributed by atoms with van der Waals surface area (Å²) in [7, 11) is 2.09. The molecular formula is C13H14ClNO. The van der Waals surface area contributed by atoms with Crippen molar-refractivity contribution < 1.29 is 4.79 Å². The van der Waals surface area contributed by atoms with Crippen LogP contribution in [0, 0.1) is 11.8 Å². The number of carbonyl (C=O) groups excluding carboxylic acids is 1. The molecule has 1 saturated heterocycles. The van der Waals surface area contributed by atoms with Crippen molar-refractivity contribution in [3.05, 3.63) is 34.3 Å². The first-order valence-electron chi connectivity index (χ1n) is 5.66. The number of likely N-dealkylation sites (tertiary alicyclic amines) is 1. The monoisotopic (exact) mass is 235 g/mol. The second-order valence-electron chi connectivity index (χ2n) is 4.96. The molecule has 1 aromatic rings. The van der Waals surface area contributed by atoms with Crippen molar-refractivity contribution in [2.24, 2.45) is 11.8 Å². The van der Waals surface area contributed by atoms with E-state index in [4.69, 9.17) is 11.6 Å². The first-order chi connectivity index (χ1) is 7.65. The lowest BCUT2D eigenvalue weighted by Crippen LogP contribution is -2.30. The van der Waals surface area contributed by atoms with Crippen LogP contribution in [0.2, 0.25) is 5.02 Å². The number of carbonyl (C=O) groups is 1. The zero-order valence-electron chi connectivity index (χ0n) is 9.24. The molecule has 84 valence electrons. The summed E-state index contributed by atoms with van der Waals surface area (Å²) in [6.45, 7) is 1.94. The maximum absolute atomic E-state index is 12.3. The minimum Gasteiger partial charge on any atom is -0.305 e. The fourth-order valence-corrected chi connectivity index (χ4v) is 3.20. The van der Waals surface area contributed by atoms with Gasteiger partial charge in [-0.25, -0.2) is 0 Å². The number of rotatable bonds is 0. The molecular weight excluding hydrogens is 222 g/mol. The molecule has 16 heavy (non-hydrogen) atoms. The average molecular weight is 236 g/mol. The highest BCUT2D eigenvalue weighted by Gasteiger charge is 2.40. The maximum atomic E-state index is 12.3. The van der Waals surface area contributed by atoms with Crippen molar-refractivity contribution in [3.8, 4) is 0 Å². The van der Waals surface area contributed by atoms with Gasteiger partial charge in [0, 0.05) is 29.6 Å². The zero-order valence-corrected chi connectivity index (χ0v) is 10.00. The molecule has 0 bridgehead atoms. The van der Waals surface area contributed by atoms with Gasteiger partial charge in [-0.15, -0.1) is 0 Å². The number of nitrogens with zero attached hydrogens (tertiary/aromatic N) is 1. The number of ketones is 1. The summed E-state index contributed by atoms with van der Waals surface area (Å²) in [4.78, 5) is 14.6. The molecule has 0 aromatic heterocycles. The summed E-state index contributed by atoms with van der Waals surface area (Å²) in [6, 6.07) is 5.71. The molecule has 1 heterocycles. The van der Waals surface area contributed by atoms with Crippen molar-refractivity contribution in [1.82, 2.24) is 4.90 Å². The highest BCUT2D eigenvalue weighted by Crippen LogP contribution is 2.35. The Morgan fingerprint density at radius 1 is 1.38 bits per heavy atom. The largest absolute Gasteiger partial charge is 0.305 e. The van der Waals surface area contributed by atoms with Gasteiger partial charge in [-0.2, -0.15) is 0 Å². The molecule has 0 N–H and O–H groups in total. The van der Waals surface area contributed by atoms with E-state index in [0.29, 0.717) is 10.9 Å². The quantitative estimate of drug-likeness (QED) is 0.688. The molecule has 0 saturated carbocycles. The highest BCUT2D eigenvalue weighted by molar-refractivity contribution is 6.31. The van der Waals surface area contributed by atoms with Gasteiger partial charge in [0.2, 0.25) is 0 Å². The van der Waals surface area contributed by atoms with Gasteiger partial charge in [0.05, 0.1) is 0 Å². The Morgan fingerprint density at radius 2 is 2.19 bits per heavy atom. The second kappa shape index (κ2) is 3.57. The van der Waals surface area contributed by atoms with E-state index in [1.165, 1.54) is 5.56 Å². The molecule has 2 aliphatic rings. The topological polar surface area (TPSA) is 20.3 Å². The van der Waals surface area contributed by atoms with Crippen LogP contribution < -0.4 is 0 Å². The van der Waals surface area contributed by atoms with Crippen LogP contribution in [0.1, 0.15) is 15.9 Å². The minimum atomic E-state index is 0.191. The number of fused-ring (bicyclic) bond motifs is 2. The van der Waals surface area contributed by atoms with Gasteiger partial charge in [-0.3, -0.25) is 4.79 Å². The Kier molecular flexibility index (Phi) is 2.30. The Labute approximate surface area is 100 Å². The molecule has 2 nitrogen and oxygen atoms in total. The lowest BCUT2D eigenvalue weighted by molar-refractivity contribution is 0.0885. The van der Waals surface area contributed by atoms with Crippen LogP contribution in [-0.4, -0.2) is 30.8 Å². The van der Waals surface area contributed by atoms with E-state index in [0.717, 1.165) is 25.1 Å². The third kappa shape index (κ3) is 1.48. The molecule has 0 amide bonds. The van der Waals surface area contributed by atoms with Gasteiger partial charge >= 0.3 is 0 Å². The summed E-state index contributed by atoms with van der Waals surface area (Å²) in [5, 5.41) is 0.664. The second-order valence-corrected chi connectivity index (χ2v) is 5.39. The van der Waals surface area contributed by atoms with Gasteiger partial charge < -0.3 is 4.90 Å². The van der Waals surface area contributed by atoms with Crippen LogP contribution in [-0.2, 0) is 6.42 Å². The van der Waals surface area contributed by atoms with E-state index < -0.39 is 0 Å². The maximum Gasteiger partial charge on any atom is 0.167 e. The van der Waals surface area contributed by atoms with Gasteiger partial charge in [-0.1, -0.05) is 17.7 Å². The van der Waals surface area contributed by atoms with Crippen LogP contribution in [0.3, 0.4) is 0 Å². The summed E-state index contributed by atoms with van der Waals surface area (Å²) in [5.74, 6) is 0.986. The van der Waals surface area contributed by atoms with Crippen molar-refractivity contribution in [3.63, 3.8) is 0 Å². The van der Waals surface area contributed by atoms with E-state index >= 15 is 0 Å². The molecule has 1 aromatic carbocycles. The molecule has 1 aliphatic carbocycles. The third-order valence-corrected chi connectivity index (χ3v) is 4.01. The van der Waals surface area contributed by atoms with Crippen LogP contribution in [0.25, 0.3) is 0 Å². The highest BCUT2D eigenvalue weighted by atomic mass is 35.5. The lowest BCUT2D eigenvalue weighted by Gasteiger charge is -2.25. The predicted molar refractivity (Wildman–Crippen MR) is 64.0 cm³/mol. The summed E-state index contributed by atoms with van der Waals surface area (Å²) in [6.07, 6.45) is 1.02. The third-order valence-electron chi connectivity index (χ3n) is 3.78. The van der Waals surface area contributed by atoms with E-state index in [1.54, 1.807) is 0 Å². The fourth-order valence-electron chi connectivity index (χ4n) is 3.03. The summed E-state index contributed by atoms with van der Waals surface area (Å²) < 4.78 is 0.